The number of carboxylic acids is 1. The molecule has 1 fully saturated rings. The fourth-order valence-corrected chi connectivity index (χ4v) is 2.13. The highest BCUT2D eigenvalue weighted by Gasteiger charge is 2.13. The molecule has 0 spiro atoms. The molecule has 0 atom stereocenters. The number of carbonyl (C=O) groups is 1. The van der Waals surface area contributed by atoms with E-state index >= 15 is 0 Å². The molecule has 1 saturated heterocycles. The first-order valence-corrected chi connectivity index (χ1v) is 6.95. The summed E-state index contributed by atoms with van der Waals surface area (Å²) in [6, 6.07) is 0. The molecule has 0 aliphatic carbocycles. The van der Waals surface area contributed by atoms with E-state index in [1.165, 1.54) is 0 Å². The van der Waals surface area contributed by atoms with Crippen LogP contribution < -0.4 is 0 Å². The number of ether oxygens (including phenoxy) is 2. The molecule has 0 bridgehead atoms. The van der Waals surface area contributed by atoms with Crippen molar-refractivity contribution >= 4 is 5.97 Å². The highest BCUT2D eigenvalue weighted by molar-refractivity contribution is 5.66. The van der Waals surface area contributed by atoms with Crippen LogP contribution in [-0.2, 0) is 14.3 Å². The summed E-state index contributed by atoms with van der Waals surface area (Å²) in [6.07, 6.45) is 1.15. The average molecular weight is 274 g/mol. The third-order valence-electron chi connectivity index (χ3n) is 3.30. The molecule has 1 N–H and O–H groups in total. The molecule has 1 aliphatic rings. The van der Waals surface area contributed by atoms with Crippen molar-refractivity contribution in [3.8, 4) is 0 Å². The molecule has 0 aromatic heterocycles. The first kappa shape index (κ1) is 16.4. The van der Waals surface area contributed by atoms with Gasteiger partial charge in [-0.25, -0.2) is 0 Å². The van der Waals surface area contributed by atoms with Crippen molar-refractivity contribution in [3.05, 3.63) is 0 Å². The van der Waals surface area contributed by atoms with Crippen LogP contribution in [-0.4, -0.2) is 87.1 Å². The molecule has 0 unspecified atom stereocenters. The Kier molecular flexibility index (Phi) is 8.73. The Morgan fingerprint density at radius 1 is 1.32 bits per heavy atom. The summed E-state index contributed by atoms with van der Waals surface area (Å²) in [5, 5.41) is 8.77. The molecule has 0 aromatic carbocycles. The second-order valence-corrected chi connectivity index (χ2v) is 4.79. The molecule has 1 heterocycles. The zero-order valence-corrected chi connectivity index (χ0v) is 11.8. The maximum Gasteiger partial charge on any atom is 0.304 e. The Hall–Kier alpha value is -0.690. The Labute approximate surface area is 115 Å². The van der Waals surface area contributed by atoms with E-state index in [2.05, 4.69) is 9.80 Å². The number of rotatable bonds is 10. The number of nitrogens with zero attached hydrogens (tertiary/aromatic N) is 2. The monoisotopic (exact) mass is 274 g/mol. The van der Waals surface area contributed by atoms with Gasteiger partial charge in [0, 0.05) is 53.0 Å². The fraction of sp³-hybridized carbons (Fsp3) is 0.923. The van der Waals surface area contributed by atoms with Crippen molar-refractivity contribution in [2.45, 2.75) is 12.8 Å². The largest absolute Gasteiger partial charge is 0.481 e. The van der Waals surface area contributed by atoms with Gasteiger partial charge in [0.15, 0.2) is 0 Å². The summed E-state index contributed by atoms with van der Waals surface area (Å²) in [5.41, 5.74) is 0. The van der Waals surface area contributed by atoms with E-state index in [-0.39, 0.29) is 6.42 Å². The van der Waals surface area contributed by atoms with E-state index in [0.29, 0.717) is 6.54 Å². The fourth-order valence-electron chi connectivity index (χ4n) is 2.13. The van der Waals surface area contributed by atoms with Gasteiger partial charge < -0.3 is 19.5 Å². The Balaban J connectivity index is 2.23. The van der Waals surface area contributed by atoms with E-state index in [9.17, 15) is 4.79 Å². The van der Waals surface area contributed by atoms with Gasteiger partial charge in [-0.2, -0.15) is 0 Å². The summed E-state index contributed by atoms with van der Waals surface area (Å²) in [6.45, 7) is 7.69. The van der Waals surface area contributed by atoms with Crippen molar-refractivity contribution in [3.63, 3.8) is 0 Å². The van der Waals surface area contributed by atoms with Gasteiger partial charge in [-0.3, -0.25) is 9.69 Å². The Morgan fingerprint density at radius 2 is 2.05 bits per heavy atom. The minimum Gasteiger partial charge on any atom is -0.481 e. The predicted octanol–water partition coefficient (Wildman–Crippen LogP) is 0.132. The SMILES string of the molecule is COCCCN(CCC(=O)O)CCN1CCOCC1. The number of morpholine rings is 1. The summed E-state index contributed by atoms with van der Waals surface area (Å²) in [4.78, 5) is 15.2. The minimum absolute atomic E-state index is 0.204. The van der Waals surface area contributed by atoms with Gasteiger partial charge >= 0.3 is 5.97 Å². The van der Waals surface area contributed by atoms with Crippen molar-refractivity contribution < 1.29 is 19.4 Å². The lowest BCUT2D eigenvalue weighted by Gasteiger charge is -2.29. The molecule has 0 aromatic rings. The number of aliphatic carboxylic acids is 1. The molecule has 1 rings (SSSR count). The van der Waals surface area contributed by atoms with Crippen molar-refractivity contribution in [1.82, 2.24) is 9.80 Å². The summed E-state index contributed by atoms with van der Waals surface area (Å²) in [5.74, 6) is -0.733. The van der Waals surface area contributed by atoms with E-state index in [4.69, 9.17) is 14.6 Å². The average Bonchev–Trinajstić information content (AvgIpc) is 2.42. The van der Waals surface area contributed by atoms with Gasteiger partial charge in [0.1, 0.15) is 0 Å². The van der Waals surface area contributed by atoms with E-state index in [1.807, 2.05) is 0 Å². The van der Waals surface area contributed by atoms with Crippen LogP contribution in [0.15, 0.2) is 0 Å². The first-order valence-electron chi connectivity index (χ1n) is 6.95. The van der Waals surface area contributed by atoms with Gasteiger partial charge in [0.25, 0.3) is 0 Å². The van der Waals surface area contributed by atoms with Crippen LogP contribution in [0.25, 0.3) is 0 Å². The van der Waals surface area contributed by atoms with Gasteiger partial charge in [-0.15, -0.1) is 0 Å². The zero-order chi connectivity index (χ0) is 13.9. The van der Waals surface area contributed by atoms with Crippen LogP contribution in [0, 0.1) is 0 Å². The van der Waals surface area contributed by atoms with Crippen LogP contribution in [0.3, 0.4) is 0 Å². The second-order valence-electron chi connectivity index (χ2n) is 4.79. The summed E-state index contributed by atoms with van der Waals surface area (Å²) < 4.78 is 10.4. The summed E-state index contributed by atoms with van der Waals surface area (Å²) in [7, 11) is 1.69. The third-order valence-corrected chi connectivity index (χ3v) is 3.30. The molecule has 112 valence electrons. The van der Waals surface area contributed by atoms with Crippen LogP contribution in [0.4, 0.5) is 0 Å². The van der Waals surface area contributed by atoms with Crippen molar-refractivity contribution in [2.24, 2.45) is 0 Å². The lowest BCUT2D eigenvalue weighted by molar-refractivity contribution is -0.137. The number of hydrogen-bond donors (Lipinski definition) is 1. The molecular weight excluding hydrogens is 248 g/mol. The normalized spacial score (nSPS) is 16.9. The molecule has 19 heavy (non-hydrogen) atoms. The van der Waals surface area contributed by atoms with Crippen LogP contribution in [0.1, 0.15) is 12.8 Å². The highest BCUT2D eigenvalue weighted by Crippen LogP contribution is 2.00. The van der Waals surface area contributed by atoms with Gasteiger partial charge in [-0.1, -0.05) is 0 Å². The summed E-state index contributed by atoms with van der Waals surface area (Å²) >= 11 is 0. The minimum atomic E-state index is -0.733. The highest BCUT2D eigenvalue weighted by atomic mass is 16.5. The number of methoxy groups -OCH3 is 1. The third kappa shape index (κ3) is 8.15. The lowest BCUT2D eigenvalue weighted by atomic mass is 10.3. The standard InChI is InChI=1S/C13H26N2O4/c1-18-10-2-4-14(5-3-13(16)17)6-7-15-8-11-19-12-9-15/h2-12H2,1H3,(H,16,17). The molecule has 6 nitrogen and oxygen atoms in total. The number of carboxylic acid groups (broad SMARTS) is 1. The van der Waals surface area contributed by atoms with Crippen molar-refractivity contribution in [1.29, 1.82) is 0 Å². The van der Waals surface area contributed by atoms with Crippen LogP contribution >= 0.6 is 0 Å². The van der Waals surface area contributed by atoms with E-state index in [1.54, 1.807) is 7.11 Å². The smallest absolute Gasteiger partial charge is 0.304 e. The predicted molar refractivity (Wildman–Crippen MR) is 72.4 cm³/mol. The Morgan fingerprint density at radius 3 is 2.68 bits per heavy atom. The Bertz CT molecular complexity index is 245. The molecule has 0 saturated carbocycles. The lowest BCUT2D eigenvalue weighted by Crippen LogP contribution is -2.42. The van der Waals surface area contributed by atoms with Crippen LogP contribution in [0.2, 0.25) is 0 Å². The van der Waals surface area contributed by atoms with E-state index in [0.717, 1.165) is 59.0 Å². The quantitative estimate of drug-likeness (QED) is 0.571. The maximum absolute atomic E-state index is 10.7. The molecule has 0 radical (unpaired) electrons. The zero-order valence-electron chi connectivity index (χ0n) is 11.8. The van der Waals surface area contributed by atoms with Gasteiger partial charge in [-0.05, 0) is 6.42 Å². The second kappa shape index (κ2) is 10.1. The molecular formula is C13H26N2O4. The van der Waals surface area contributed by atoms with Gasteiger partial charge in [0.05, 0.1) is 19.6 Å². The molecule has 1 aliphatic heterocycles. The molecule has 0 amide bonds. The first-order chi connectivity index (χ1) is 9.22. The topological polar surface area (TPSA) is 62.2 Å². The van der Waals surface area contributed by atoms with E-state index < -0.39 is 5.97 Å². The maximum atomic E-state index is 10.7. The van der Waals surface area contributed by atoms with Crippen LogP contribution in [0.5, 0.6) is 0 Å². The van der Waals surface area contributed by atoms with Gasteiger partial charge in [0.2, 0.25) is 0 Å². The number of hydrogen-bond acceptors (Lipinski definition) is 5. The molecule has 6 heteroatoms. The van der Waals surface area contributed by atoms with Crippen molar-refractivity contribution in [2.75, 3.05) is 66.2 Å².